The Morgan fingerprint density at radius 1 is 1.35 bits per heavy atom. The zero-order chi connectivity index (χ0) is 17.3. The van der Waals surface area contributed by atoms with E-state index < -0.39 is 29.4 Å². The van der Waals surface area contributed by atoms with Gasteiger partial charge in [-0.3, -0.25) is 4.79 Å². The molecule has 0 heterocycles. The van der Waals surface area contributed by atoms with Crippen molar-refractivity contribution in [2.45, 2.75) is 50.7 Å². The van der Waals surface area contributed by atoms with Crippen molar-refractivity contribution in [3.8, 4) is 0 Å². The Hall–Kier alpha value is -1.18. The van der Waals surface area contributed by atoms with Gasteiger partial charge in [-0.25, -0.2) is 4.79 Å². The zero-order valence-corrected chi connectivity index (χ0v) is 13.6. The number of carbonyl (C=O) groups excluding carboxylic acids is 1. The van der Waals surface area contributed by atoms with E-state index >= 15 is 0 Å². The SMILES string of the molecule is CSCCC(NC1=C(C(=O)C(F)(F)F)C2(CCCC2)C1)C(=O)O. The average molecular weight is 351 g/mol. The number of ketones is 1. The van der Waals surface area contributed by atoms with E-state index in [1.165, 1.54) is 11.8 Å². The van der Waals surface area contributed by atoms with E-state index in [9.17, 15) is 27.9 Å². The van der Waals surface area contributed by atoms with Crippen molar-refractivity contribution >= 4 is 23.5 Å². The summed E-state index contributed by atoms with van der Waals surface area (Å²) < 4.78 is 38.7. The summed E-state index contributed by atoms with van der Waals surface area (Å²) in [5, 5.41) is 11.9. The van der Waals surface area contributed by atoms with Crippen molar-refractivity contribution in [3.05, 3.63) is 11.3 Å². The van der Waals surface area contributed by atoms with Crippen LogP contribution in [0.5, 0.6) is 0 Å². The summed E-state index contributed by atoms with van der Waals surface area (Å²) in [6.45, 7) is 0. The van der Waals surface area contributed by atoms with Gasteiger partial charge in [0.2, 0.25) is 0 Å². The van der Waals surface area contributed by atoms with Gasteiger partial charge in [-0.2, -0.15) is 24.9 Å². The normalized spacial score (nSPS) is 21.2. The molecule has 0 amide bonds. The van der Waals surface area contributed by atoms with Crippen LogP contribution < -0.4 is 5.32 Å². The minimum absolute atomic E-state index is 0.169. The molecule has 130 valence electrons. The number of thioether (sulfide) groups is 1. The summed E-state index contributed by atoms with van der Waals surface area (Å²) in [6, 6.07) is -0.966. The number of allylic oxidation sites excluding steroid dienone is 2. The molecular formula is C15H20F3NO3S. The van der Waals surface area contributed by atoms with Gasteiger partial charge < -0.3 is 10.4 Å². The first-order chi connectivity index (χ1) is 10.7. The zero-order valence-electron chi connectivity index (χ0n) is 12.8. The number of rotatable bonds is 7. The fourth-order valence-electron chi connectivity index (χ4n) is 3.55. The molecule has 4 nitrogen and oxygen atoms in total. The molecule has 8 heteroatoms. The van der Waals surface area contributed by atoms with Crippen molar-refractivity contribution in [2.75, 3.05) is 12.0 Å². The van der Waals surface area contributed by atoms with Gasteiger partial charge in [0.1, 0.15) is 6.04 Å². The molecule has 0 radical (unpaired) electrons. The van der Waals surface area contributed by atoms with Crippen LogP contribution in [0.3, 0.4) is 0 Å². The quantitative estimate of drug-likeness (QED) is 0.738. The molecule has 1 fully saturated rings. The molecule has 23 heavy (non-hydrogen) atoms. The molecule has 0 aliphatic heterocycles. The third-order valence-electron chi connectivity index (χ3n) is 4.65. The number of carbonyl (C=O) groups is 2. The van der Waals surface area contributed by atoms with Crippen LogP contribution in [0.25, 0.3) is 0 Å². The highest BCUT2D eigenvalue weighted by molar-refractivity contribution is 7.98. The molecule has 0 aromatic carbocycles. The maximum atomic E-state index is 12.9. The summed E-state index contributed by atoms with van der Waals surface area (Å²) in [6.07, 6.45) is 0.279. The van der Waals surface area contributed by atoms with Crippen LogP contribution in [0.2, 0.25) is 0 Å². The number of alkyl halides is 3. The first kappa shape index (κ1) is 18.2. The summed E-state index contributed by atoms with van der Waals surface area (Å²) in [4.78, 5) is 23.1. The number of carboxylic acid groups (broad SMARTS) is 1. The Labute approximate surface area is 136 Å². The first-order valence-corrected chi connectivity index (χ1v) is 8.94. The lowest BCUT2D eigenvalue weighted by molar-refractivity contribution is -0.168. The van der Waals surface area contributed by atoms with Crippen LogP contribution in [0.1, 0.15) is 38.5 Å². The monoisotopic (exact) mass is 351 g/mol. The second kappa shape index (κ2) is 6.75. The topological polar surface area (TPSA) is 66.4 Å². The van der Waals surface area contributed by atoms with Crippen LogP contribution in [0.4, 0.5) is 13.2 Å². The van der Waals surface area contributed by atoms with Crippen molar-refractivity contribution in [3.63, 3.8) is 0 Å². The number of halogens is 3. The van der Waals surface area contributed by atoms with Crippen molar-refractivity contribution in [1.82, 2.24) is 5.32 Å². The highest BCUT2D eigenvalue weighted by Crippen LogP contribution is 2.57. The molecule has 1 saturated carbocycles. The predicted octanol–water partition coefficient (Wildman–Crippen LogP) is 3.13. The summed E-state index contributed by atoms with van der Waals surface area (Å²) >= 11 is 1.46. The van der Waals surface area contributed by atoms with Gasteiger partial charge in [0.25, 0.3) is 5.78 Å². The average Bonchev–Trinajstić information content (AvgIpc) is 2.91. The van der Waals surface area contributed by atoms with E-state index in [0.29, 0.717) is 31.4 Å². The molecule has 0 saturated heterocycles. The molecular weight excluding hydrogens is 331 g/mol. The van der Waals surface area contributed by atoms with Crippen LogP contribution in [-0.2, 0) is 9.59 Å². The lowest BCUT2D eigenvalue weighted by Crippen LogP contribution is -2.48. The number of carboxylic acids is 1. The standard InChI is InChI=1S/C15H20F3NO3S/c1-23-7-4-9(13(21)22)19-10-8-14(5-2-3-6-14)11(10)12(20)15(16,17)18/h9,19H,2-8H2,1H3,(H,21,22). The van der Waals surface area contributed by atoms with Gasteiger partial charge in [0.05, 0.1) is 0 Å². The van der Waals surface area contributed by atoms with E-state index in [4.69, 9.17) is 0 Å². The molecule has 2 aliphatic carbocycles. The van der Waals surface area contributed by atoms with Gasteiger partial charge in [-0.1, -0.05) is 12.8 Å². The predicted molar refractivity (Wildman–Crippen MR) is 81.2 cm³/mol. The van der Waals surface area contributed by atoms with Crippen molar-refractivity contribution < 1.29 is 27.9 Å². The molecule has 1 unspecified atom stereocenters. The van der Waals surface area contributed by atoms with Gasteiger partial charge >= 0.3 is 12.1 Å². The Morgan fingerprint density at radius 3 is 2.43 bits per heavy atom. The van der Waals surface area contributed by atoms with Crippen molar-refractivity contribution in [2.24, 2.45) is 5.41 Å². The smallest absolute Gasteiger partial charge is 0.454 e. The third kappa shape index (κ3) is 3.67. The fourth-order valence-corrected chi connectivity index (χ4v) is 4.02. The van der Waals surface area contributed by atoms with E-state index in [2.05, 4.69) is 5.32 Å². The number of aliphatic carboxylic acids is 1. The molecule has 2 rings (SSSR count). The Morgan fingerprint density at radius 2 is 1.96 bits per heavy atom. The molecule has 0 aromatic rings. The maximum absolute atomic E-state index is 12.9. The highest BCUT2D eigenvalue weighted by atomic mass is 32.2. The van der Waals surface area contributed by atoms with Crippen molar-refractivity contribution in [1.29, 1.82) is 0 Å². The molecule has 0 aromatic heterocycles. The van der Waals surface area contributed by atoms with Gasteiger partial charge in [-0.05, 0) is 37.7 Å². The Kier molecular flexibility index (Phi) is 5.33. The molecule has 2 N–H and O–H groups in total. The van der Waals surface area contributed by atoms with E-state index in [1.807, 2.05) is 6.26 Å². The van der Waals surface area contributed by atoms with Crippen LogP contribution in [0.15, 0.2) is 11.3 Å². The summed E-state index contributed by atoms with van der Waals surface area (Å²) in [7, 11) is 0. The summed E-state index contributed by atoms with van der Waals surface area (Å²) in [5.41, 5.74) is -0.752. The number of hydrogen-bond acceptors (Lipinski definition) is 4. The van der Waals surface area contributed by atoms with E-state index in [0.717, 1.165) is 12.8 Å². The summed E-state index contributed by atoms with van der Waals surface area (Å²) in [5.74, 6) is -2.36. The fraction of sp³-hybridized carbons (Fsp3) is 0.733. The second-order valence-corrected chi connectivity index (χ2v) is 7.15. The largest absolute Gasteiger partial charge is 0.480 e. The van der Waals surface area contributed by atoms with E-state index in [1.54, 1.807) is 0 Å². The highest BCUT2D eigenvalue weighted by Gasteiger charge is 2.56. The van der Waals surface area contributed by atoms with Gasteiger partial charge in [0, 0.05) is 16.7 Å². The minimum atomic E-state index is -4.92. The number of nitrogens with one attached hydrogen (secondary N) is 1. The molecule has 1 atom stereocenters. The molecule has 0 bridgehead atoms. The lowest BCUT2D eigenvalue weighted by atomic mass is 9.63. The third-order valence-corrected chi connectivity index (χ3v) is 5.29. The van der Waals surface area contributed by atoms with E-state index in [-0.39, 0.29) is 11.3 Å². The Balaban J connectivity index is 2.25. The number of Topliss-reactive ketones (excluding diaryl/α,β-unsaturated/α-hetero) is 1. The first-order valence-electron chi connectivity index (χ1n) is 7.55. The van der Waals surface area contributed by atoms with Gasteiger partial charge in [0.15, 0.2) is 0 Å². The van der Waals surface area contributed by atoms with Gasteiger partial charge in [-0.15, -0.1) is 0 Å². The Bertz CT molecular complexity index is 525. The number of hydrogen-bond donors (Lipinski definition) is 2. The molecule has 2 aliphatic rings. The molecule has 1 spiro atoms. The van der Waals surface area contributed by atoms with Crippen LogP contribution in [0, 0.1) is 5.41 Å². The lowest BCUT2D eigenvalue weighted by Gasteiger charge is -2.44. The maximum Gasteiger partial charge on any atom is 0.454 e. The van der Waals surface area contributed by atoms with Crippen LogP contribution in [-0.4, -0.2) is 41.1 Å². The van der Waals surface area contributed by atoms with Crippen LogP contribution >= 0.6 is 11.8 Å². The minimum Gasteiger partial charge on any atom is -0.480 e. The second-order valence-electron chi connectivity index (χ2n) is 6.16.